The smallest absolute Gasteiger partial charge is 0.336 e. The van der Waals surface area contributed by atoms with Gasteiger partial charge in [0.2, 0.25) is 6.54 Å². The van der Waals surface area contributed by atoms with Crippen molar-refractivity contribution in [3.05, 3.63) is 43.9 Å². The van der Waals surface area contributed by atoms with Crippen molar-refractivity contribution in [1.29, 1.82) is 0 Å². The summed E-state index contributed by atoms with van der Waals surface area (Å²) < 4.78 is 0.441. The van der Waals surface area contributed by atoms with Crippen LogP contribution in [0.4, 0.5) is 0 Å². The fourth-order valence-corrected chi connectivity index (χ4v) is 1.70. The highest BCUT2D eigenvalue weighted by Gasteiger charge is 2.09. The van der Waals surface area contributed by atoms with Crippen LogP contribution in [0.15, 0.2) is 22.7 Å². The zero-order valence-electron chi connectivity index (χ0n) is 7.64. The number of hydrogen-bond donors (Lipinski definition) is 1. The van der Waals surface area contributed by atoms with E-state index in [1.807, 2.05) is 0 Å². The van der Waals surface area contributed by atoms with Crippen molar-refractivity contribution >= 4 is 21.9 Å². The van der Waals surface area contributed by atoms with E-state index >= 15 is 0 Å². The van der Waals surface area contributed by atoms with Crippen LogP contribution in [-0.2, 0) is 6.42 Å². The highest BCUT2D eigenvalue weighted by molar-refractivity contribution is 9.10. The van der Waals surface area contributed by atoms with Crippen molar-refractivity contribution in [2.75, 3.05) is 6.54 Å². The summed E-state index contributed by atoms with van der Waals surface area (Å²) in [6, 6.07) is 4.60. The molecule has 15 heavy (non-hydrogen) atoms. The highest BCUT2D eigenvalue weighted by Crippen LogP contribution is 2.18. The predicted octanol–water partition coefficient (Wildman–Crippen LogP) is 1.97. The molecule has 1 aromatic carbocycles. The van der Waals surface area contributed by atoms with Gasteiger partial charge in [-0.15, -0.1) is 0 Å². The summed E-state index contributed by atoms with van der Waals surface area (Å²) in [6.45, 7) is -0.154. The highest BCUT2D eigenvalue weighted by atomic mass is 79.9. The topological polar surface area (TPSA) is 80.4 Å². The zero-order chi connectivity index (χ0) is 11.4. The van der Waals surface area contributed by atoms with E-state index in [2.05, 4.69) is 15.9 Å². The van der Waals surface area contributed by atoms with Crippen LogP contribution in [0.25, 0.3) is 0 Å². The second kappa shape index (κ2) is 4.88. The second-order valence-corrected chi connectivity index (χ2v) is 3.78. The summed E-state index contributed by atoms with van der Waals surface area (Å²) in [4.78, 5) is 20.4. The van der Waals surface area contributed by atoms with Gasteiger partial charge in [0.05, 0.1) is 5.56 Å². The third-order valence-corrected chi connectivity index (χ3v) is 2.50. The summed E-state index contributed by atoms with van der Waals surface area (Å²) in [7, 11) is 0. The van der Waals surface area contributed by atoms with Gasteiger partial charge in [-0.2, -0.15) is 0 Å². The molecule has 0 bridgehead atoms. The average molecular weight is 274 g/mol. The molecule has 0 spiro atoms. The Hall–Kier alpha value is -1.43. The Balaban J connectivity index is 2.82. The number of carboxylic acids is 1. The van der Waals surface area contributed by atoms with Crippen LogP contribution >= 0.6 is 15.9 Å². The van der Waals surface area contributed by atoms with Crippen molar-refractivity contribution in [3.8, 4) is 0 Å². The molecule has 0 aliphatic rings. The van der Waals surface area contributed by atoms with E-state index < -0.39 is 10.9 Å². The van der Waals surface area contributed by atoms with Gasteiger partial charge in [0.15, 0.2) is 0 Å². The van der Waals surface area contributed by atoms with Crippen LogP contribution in [0.3, 0.4) is 0 Å². The Kier molecular flexibility index (Phi) is 3.79. The lowest BCUT2D eigenvalue weighted by molar-refractivity contribution is -0.479. The lowest BCUT2D eigenvalue weighted by Crippen LogP contribution is -2.05. The van der Waals surface area contributed by atoms with Gasteiger partial charge in [-0.05, 0) is 33.6 Å². The molecule has 1 rings (SSSR count). The van der Waals surface area contributed by atoms with E-state index in [-0.39, 0.29) is 12.1 Å². The van der Waals surface area contributed by atoms with Crippen molar-refractivity contribution in [1.82, 2.24) is 0 Å². The molecule has 80 valence electrons. The van der Waals surface area contributed by atoms with Gasteiger partial charge in [-0.3, -0.25) is 10.1 Å². The van der Waals surface area contributed by atoms with Gasteiger partial charge in [0.1, 0.15) is 0 Å². The molecule has 0 heterocycles. The van der Waals surface area contributed by atoms with Crippen molar-refractivity contribution < 1.29 is 14.8 Å². The number of nitrogens with zero attached hydrogens (tertiary/aromatic N) is 1. The van der Waals surface area contributed by atoms with Crippen LogP contribution in [-0.4, -0.2) is 22.5 Å². The molecule has 0 radical (unpaired) electrons. The van der Waals surface area contributed by atoms with E-state index in [0.717, 1.165) is 5.56 Å². The molecular formula is C9H8BrNO4. The molecule has 5 nitrogen and oxygen atoms in total. The summed E-state index contributed by atoms with van der Waals surface area (Å²) in [6.07, 6.45) is 0.297. The molecule has 0 aliphatic heterocycles. The van der Waals surface area contributed by atoms with Gasteiger partial charge in [-0.25, -0.2) is 4.79 Å². The second-order valence-electron chi connectivity index (χ2n) is 2.93. The fourth-order valence-electron chi connectivity index (χ4n) is 1.11. The van der Waals surface area contributed by atoms with Crippen LogP contribution in [0.5, 0.6) is 0 Å². The first-order valence-corrected chi connectivity index (χ1v) is 4.93. The first-order chi connectivity index (χ1) is 7.00. The van der Waals surface area contributed by atoms with Gasteiger partial charge in [0, 0.05) is 15.8 Å². The molecule has 0 aliphatic carbocycles. The maximum absolute atomic E-state index is 10.7. The number of rotatable bonds is 4. The monoisotopic (exact) mass is 273 g/mol. The Morgan fingerprint density at radius 3 is 2.67 bits per heavy atom. The van der Waals surface area contributed by atoms with Gasteiger partial charge >= 0.3 is 5.97 Å². The van der Waals surface area contributed by atoms with E-state index in [9.17, 15) is 14.9 Å². The summed E-state index contributed by atoms with van der Waals surface area (Å²) in [5, 5.41) is 18.9. The summed E-state index contributed by atoms with van der Waals surface area (Å²) >= 11 is 3.10. The third kappa shape index (κ3) is 3.32. The van der Waals surface area contributed by atoms with E-state index in [1.54, 1.807) is 12.1 Å². The maximum atomic E-state index is 10.7. The van der Waals surface area contributed by atoms with Gasteiger partial charge in [-0.1, -0.05) is 6.07 Å². The maximum Gasteiger partial charge on any atom is 0.336 e. The first kappa shape index (κ1) is 11.6. The molecule has 0 fully saturated rings. The van der Waals surface area contributed by atoms with Crippen molar-refractivity contribution in [3.63, 3.8) is 0 Å². The molecule has 0 amide bonds. The minimum Gasteiger partial charge on any atom is -0.478 e. The fraction of sp³-hybridized carbons (Fsp3) is 0.222. The number of benzene rings is 1. The SMILES string of the molecule is O=C(O)c1ccc(CC[N+](=O)[O-])cc1Br. The van der Waals surface area contributed by atoms with Crippen LogP contribution < -0.4 is 0 Å². The minimum absolute atomic E-state index is 0.153. The molecule has 6 heteroatoms. The molecule has 1 aromatic rings. The normalized spacial score (nSPS) is 9.93. The van der Waals surface area contributed by atoms with Crippen molar-refractivity contribution in [2.45, 2.75) is 6.42 Å². The number of aromatic carboxylic acids is 1. The standard InChI is InChI=1S/C9H8BrNO4/c10-8-5-6(3-4-11(14)15)1-2-7(8)9(12)13/h1-2,5H,3-4H2,(H,12,13). The predicted molar refractivity (Wildman–Crippen MR) is 56.7 cm³/mol. The third-order valence-electron chi connectivity index (χ3n) is 1.85. The Bertz CT molecular complexity index is 405. The lowest BCUT2D eigenvalue weighted by Gasteiger charge is -2.02. The van der Waals surface area contributed by atoms with Gasteiger partial charge in [0.25, 0.3) is 0 Å². The minimum atomic E-state index is -1.03. The summed E-state index contributed by atoms with van der Waals surface area (Å²) in [5.41, 5.74) is 0.892. The first-order valence-electron chi connectivity index (χ1n) is 4.14. The molecule has 0 unspecified atom stereocenters. The van der Waals surface area contributed by atoms with Crippen LogP contribution in [0.1, 0.15) is 15.9 Å². The van der Waals surface area contributed by atoms with Crippen LogP contribution in [0.2, 0.25) is 0 Å². The molecule has 0 saturated heterocycles. The average Bonchev–Trinajstić information content (AvgIpc) is 2.14. The number of hydrogen-bond acceptors (Lipinski definition) is 3. The molecule has 0 atom stereocenters. The Labute approximate surface area is 94.0 Å². The zero-order valence-corrected chi connectivity index (χ0v) is 9.23. The number of nitro groups is 1. The molecule has 0 aromatic heterocycles. The largest absolute Gasteiger partial charge is 0.478 e. The Morgan fingerprint density at radius 1 is 1.53 bits per heavy atom. The van der Waals surface area contributed by atoms with Crippen molar-refractivity contribution in [2.24, 2.45) is 0 Å². The van der Waals surface area contributed by atoms with Crippen LogP contribution in [0, 0.1) is 10.1 Å². The molecule has 0 saturated carbocycles. The van der Waals surface area contributed by atoms with Gasteiger partial charge < -0.3 is 5.11 Å². The van der Waals surface area contributed by atoms with E-state index in [1.165, 1.54) is 6.07 Å². The lowest BCUT2D eigenvalue weighted by atomic mass is 10.1. The van der Waals surface area contributed by atoms with E-state index in [4.69, 9.17) is 5.11 Å². The number of carboxylic acid groups (broad SMARTS) is 1. The summed E-state index contributed by atoms with van der Waals surface area (Å²) in [5.74, 6) is -1.03. The number of carbonyl (C=O) groups is 1. The quantitative estimate of drug-likeness (QED) is 0.672. The Morgan fingerprint density at radius 2 is 2.20 bits per heavy atom. The molecular weight excluding hydrogens is 266 g/mol. The number of halogens is 1. The van der Waals surface area contributed by atoms with E-state index in [0.29, 0.717) is 10.9 Å². The molecule has 1 N–H and O–H groups in total.